The molecule has 3 fully saturated rings. The number of quaternary nitrogens is 1. The zero-order chi connectivity index (χ0) is 17.5. The van der Waals surface area contributed by atoms with E-state index in [-0.39, 0.29) is 6.61 Å². The van der Waals surface area contributed by atoms with Crippen LogP contribution in [0.15, 0.2) is 29.8 Å². The van der Waals surface area contributed by atoms with Gasteiger partial charge in [-0.1, -0.05) is 6.08 Å². The zero-order valence-corrected chi connectivity index (χ0v) is 15.2. The molecule has 5 atom stereocenters. The van der Waals surface area contributed by atoms with Crippen molar-refractivity contribution in [2.24, 2.45) is 18.9 Å². The molecule has 0 spiro atoms. The highest BCUT2D eigenvalue weighted by Crippen LogP contribution is 2.58. The smallest absolute Gasteiger partial charge is 0.131 e. The molecule has 4 bridgehead atoms. The highest BCUT2D eigenvalue weighted by molar-refractivity contribution is 5.87. The summed E-state index contributed by atoms with van der Waals surface area (Å²) in [5.74, 6) is 1.21. The molecule has 0 aliphatic carbocycles. The lowest BCUT2D eigenvalue weighted by Gasteiger charge is -2.63. The van der Waals surface area contributed by atoms with Gasteiger partial charge in [-0.05, 0) is 36.3 Å². The van der Waals surface area contributed by atoms with Gasteiger partial charge in [0.1, 0.15) is 18.3 Å². The number of allylic oxidation sites excluding steroid dienone is 1. The van der Waals surface area contributed by atoms with Gasteiger partial charge in [-0.2, -0.15) is 0 Å². The third-order valence-corrected chi connectivity index (χ3v) is 7.61. The molecule has 0 saturated carbocycles. The molecule has 4 heteroatoms. The Morgan fingerprint density at radius 1 is 1.36 bits per heavy atom. The number of fused-ring (bicyclic) bond motifs is 4. The minimum atomic E-state index is 0.276. The minimum Gasteiger partial charge on any atom is -0.508 e. The number of rotatable bonds is 1. The number of aromatic hydroxyl groups is 1. The van der Waals surface area contributed by atoms with Gasteiger partial charge in [-0.15, -0.1) is 0 Å². The van der Waals surface area contributed by atoms with E-state index >= 15 is 0 Å². The van der Waals surface area contributed by atoms with Gasteiger partial charge in [0.15, 0.2) is 0 Å². The van der Waals surface area contributed by atoms with Crippen LogP contribution in [0.4, 0.5) is 0 Å². The summed E-state index contributed by atoms with van der Waals surface area (Å²) >= 11 is 0. The molecule has 2 N–H and O–H groups in total. The molecular formula is C21H27N2O2+. The fourth-order valence-electron chi connectivity index (χ4n) is 6.44. The molecule has 4 aliphatic rings. The number of phenolic OH excluding ortho intramolecular Hbond substituents is 1. The van der Waals surface area contributed by atoms with Crippen LogP contribution < -0.4 is 0 Å². The Labute approximate surface area is 148 Å². The third kappa shape index (κ3) is 1.74. The van der Waals surface area contributed by atoms with Crippen LogP contribution in [0.5, 0.6) is 5.75 Å². The molecule has 1 aromatic heterocycles. The number of nitrogens with zero attached hydrogens (tertiary/aromatic N) is 2. The van der Waals surface area contributed by atoms with Gasteiger partial charge in [0.2, 0.25) is 0 Å². The van der Waals surface area contributed by atoms with E-state index in [4.69, 9.17) is 0 Å². The van der Waals surface area contributed by atoms with Crippen molar-refractivity contribution in [3.8, 4) is 5.75 Å². The number of likely N-dealkylation sites (N-methyl/N-ethyl adjacent to an activating group) is 1. The van der Waals surface area contributed by atoms with Gasteiger partial charge in [0.25, 0.3) is 0 Å². The third-order valence-electron chi connectivity index (χ3n) is 7.61. The lowest BCUT2D eigenvalue weighted by Crippen LogP contribution is -2.70. The highest BCUT2D eigenvalue weighted by atomic mass is 16.3. The number of benzene rings is 1. The summed E-state index contributed by atoms with van der Waals surface area (Å²) in [6.45, 7) is 3.54. The van der Waals surface area contributed by atoms with Gasteiger partial charge < -0.3 is 19.3 Å². The Balaban J connectivity index is 1.77. The number of hydrogen-bond donors (Lipinski definition) is 2. The largest absolute Gasteiger partial charge is 0.508 e. The highest BCUT2D eigenvalue weighted by Gasteiger charge is 2.61. The van der Waals surface area contributed by atoms with E-state index in [9.17, 15) is 10.2 Å². The molecule has 132 valence electrons. The summed E-state index contributed by atoms with van der Waals surface area (Å²) in [6, 6.07) is 6.72. The molecule has 1 aromatic carbocycles. The first-order chi connectivity index (χ1) is 12.0. The predicted octanol–water partition coefficient (Wildman–Crippen LogP) is 2.88. The standard InChI is InChI=1S/C21H26N2O2/c1-4-12-10-23(3)19-9-16-15-7-13(25)5-6-18(15)22(2)21(16)20(23)8-14(12)17(19)11-24/h4-7,14,17,19-20,24H,8-11H2,1-3H3/p+1/t14-,17+,19-,20-,23+/m0/s1. The van der Waals surface area contributed by atoms with E-state index in [0.29, 0.717) is 29.7 Å². The number of aromatic nitrogens is 1. The lowest BCUT2D eigenvalue weighted by molar-refractivity contribution is -0.978. The number of phenols is 1. The fraction of sp³-hybridized carbons (Fsp3) is 0.524. The number of aliphatic hydroxyl groups excluding tert-OH is 1. The Morgan fingerprint density at radius 3 is 2.88 bits per heavy atom. The van der Waals surface area contributed by atoms with E-state index in [0.717, 1.165) is 23.9 Å². The maximum atomic E-state index is 10.2. The monoisotopic (exact) mass is 339 g/mol. The van der Waals surface area contributed by atoms with Crippen LogP contribution in [-0.4, -0.2) is 45.5 Å². The van der Waals surface area contributed by atoms with Crippen LogP contribution in [-0.2, 0) is 13.5 Å². The second kappa shape index (κ2) is 4.89. The van der Waals surface area contributed by atoms with Gasteiger partial charge in [-0.3, -0.25) is 0 Å². The van der Waals surface area contributed by atoms with E-state index in [1.54, 1.807) is 6.07 Å². The van der Waals surface area contributed by atoms with Crippen molar-refractivity contribution in [1.29, 1.82) is 0 Å². The first-order valence-corrected chi connectivity index (χ1v) is 9.40. The molecule has 5 heterocycles. The molecule has 25 heavy (non-hydrogen) atoms. The average Bonchev–Trinajstić information content (AvgIpc) is 2.85. The van der Waals surface area contributed by atoms with E-state index in [1.807, 2.05) is 12.1 Å². The summed E-state index contributed by atoms with van der Waals surface area (Å²) < 4.78 is 3.39. The Hall–Kier alpha value is -1.78. The molecular weight excluding hydrogens is 312 g/mol. The lowest BCUT2D eigenvalue weighted by atomic mass is 9.62. The molecule has 0 unspecified atom stereocenters. The van der Waals surface area contributed by atoms with Crippen molar-refractivity contribution < 1.29 is 14.7 Å². The average molecular weight is 339 g/mol. The number of aryl methyl sites for hydroxylation is 1. The van der Waals surface area contributed by atoms with Crippen LogP contribution in [0.25, 0.3) is 10.9 Å². The van der Waals surface area contributed by atoms with Crippen LogP contribution in [0, 0.1) is 11.8 Å². The first kappa shape index (κ1) is 15.5. The number of aliphatic hydroxyl groups is 1. The fourth-order valence-corrected chi connectivity index (χ4v) is 6.44. The molecule has 4 aliphatic heterocycles. The molecule has 0 amide bonds. The zero-order valence-electron chi connectivity index (χ0n) is 15.2. The van der Waals surface area contributed by atoms with Crippen molar-refractivity contribution in [3.05, 3.63) is 41.1 Å². The van der Waals surface area contributed by atoms with Crippen molar-refractivity contribution in [1.82, 2.24) is 4.57 Å². The van der Waals surface area contributed by atoms with Gasteiger partial charge in [-0.25, -0.2) is 0 Å². The normalized spacial score (nSPS) is 37.7. The molecule has 6 rings (SSSR count). The maximum Gasteiger partial charge on any atom is 0.131 e. The van der Waals surface area contributed by atoms with Crippen molar-refractivity contribution in [2.45, 2.75) is 31.8 Å². The van der Waals surface area contributed by atoms with Crippen molar-refractivity contribution in [2.75, 3.05) is 20.2 Å². The van der Waals surface area contributed by atoms with Crippen LogP contribution >= 0.6 is 0 Å². The van der Waals surface area contributed by atoms with Crippen molar-refractivity contribution >= 4 is 10.9 Å². The second-order valence-electron chi connectivity index (χ2n) is 8.47. The van der Waals surface area contributed by atoms with Crippen molar-refractivity contribution in [3.63, 3.8) is 0 Å². The van der Waals surface area contributed by atoms with Crippen LogP contribution in [0.3, 0.4) is 0 Å². The molecule has 4 nitrogen and oxygen atoms in total. The second-order valence-corrected chi connectivity index (χ2v) is 8.47. The quantitative estimate of drug-likeness (QED) is 0.620. The first-order valence-electron chi connectivity index (χ1n) is 9.40. The summed E-state index contributed by atoms with van der Waals surface area (Å²) in [5, 5.41) is 21.4. The maximum absolute atomic E-state index is 10.2. The summed E-state index contributed by atoms with van der Waals surface area (Å²) in [6.07, 6.45) is 4.42. The Bertz CT molecular complexity index is 912. The summed E-state index contributed by atoms with van der Waals surface area (Å²) in [4.78, 5) is 0. The van der Waals surface area contributed by atoms with Crippen LogP contribution in [0.1, 0.15) is 30.6 Å². The number of hydrogen-bond acceptors (Lipinski definition) is 2. The van der Waals surface area contributed by atoms with Crippen LogP contribution in [0.2, 0.25) is 0 Å². The van der Waals surface area contributed by atoms with Gasteiger partial charge in [0.05, 0.1) is 25.4 Å². The number of piperidine rings is 3. The Kier molecular flexibility index (Phi) is 3.03. The summed E-state index contributed by atoms with van der Waals surface area (Å²) in [7, 11) is 4.57. The van der Waals surface area contributed by atoms with E-state index < -0.39 is 0 Å². The van der Waals surface area contributed by atoms with E-state index in [1.165, 1.54) is 27.7 Å². The van der Waals surface area contributed by atoms with Gasteiger partial charge >= 0.3 is 0 Å². The van der Waals surface area contributed by atoms with Gasteiger partial charge in [0, 0.05) is 42.6 Å². The SMILES string of the molecule is CC=C1C[N@@+]2(C)[C@H]3C[C@@H]1[C@@H](CO)[C@@H]2Cc1c3n(C)c2ccc(O)cc12. The topological polar surface area (TPSA) is 45.4 Å². The molecule has 0 radical (unpaired) electrons. The molecule has 2 aromatic rings. The Morgan fingerprint density at radius 2 is 2.16 bits per heavy atom. The molecule has 3 saturated heterocycles. The van der Waals surface area contributed by atoms with E-state index in [2.05, 4.69) is 31.7 Å². The predicted molar refractivity (Wildman–Crippen MR) is 98.3 cm³/mol. The minimum absolute atomic E-state index is 0.276. The summed E-state index contributed by atoms with van der Waals surface area (Å²) in [5.41, 5.74) is 5.61.